The smallest absolute Gasteiger partial charge is 0.320 e. The summed E-state index contributed by atoms with van der Waals surface area (Å²) in [5.74, 6) is -0.610. The lowest BCUT2D eigenvalue weighted by molar-refractivity contribution is -0.140. The van der Waals surface area contributed by atoms with E-state index in [0.717, 1.165) is 0 Å². The molecule has 0 aliphatic heterocycles. The van der Waals surface area contributed by atoms with Crippen LogP contribution >= 0.6 is 0 Å². The molecule has 100 valence electrons. The van der Waals surface area contributed by atoms with Crippen LogP contribution in [0, 0.1) is 11.7 Å². The predicted octanol–water partition coefficient (Wildman–Crippen LogP) is 1.90. The van der Waals surface area contributed by atoms with Gasteiger partial charge in [0.25, 0.3) is 0 Å². The molecule has 0 fully saturated rings. The third-order valence-electron chi connectivity index (χ3n) is 2.48. The molecule has 0 aliphatic carbocycles. The zero-order chi connectivity index (χ0) is 13.5. The van der Waals surface area contributed by atoms with E-state index in [1.807, 2.05) is 13.8 Å². The summed E-state index contributed by atoms with van der Waals surface area (Å²) in [5.41, 5.74) is 0. The zero-order valence-corrected chi connectivity index (χ0v) is 10.5. The van der Waals surface area contributed by atoms with Gasteiger partial charge in [0.15, 0.2) is 0 Å². The molecule has 2 N–H and O–H groups in total. The largest absolute Gasteiger partial charge is 0.492 e. The van der Waals surface area contributed by atoms with Gasteiger partial charge in [-0.15, -0.1) is 0 Å². The number of nitrogens with one attached hydrogen (secondary N) is 1. The zero-order valence-electron chi connectivity index (χ0n) is 10.5. The Morgan fingerprint density at radius 3 is 2.50 bits per heavy atom. The second kappa shape index (κ2) is 6.96. The molecular formula is C13H18FNO3. The molecule has 0 aromatic heterocycles. The maximum atomic E-state index is 12.6. The normalized spacial score (nSPS) is 12.4. The van der Waals surface area contributed by atoms with Gasteiger partial charge in [-0.25, -0.2) is 4.39 Å². The Balaban J connectivity index is 2.29. The molecule has 4 nitrogen and oxygen atoms in total. The second-order valence-electron chi connectivity index (χ2n) is 4.32. The molecule has 0 heterocycles. The molecule has 0 saturated carbocycles. The van der Waals surface area contributed by atoms with Crippen LogP contribution in [0.5, 0.6) is 5.75 Å². The van der Waals surface area contributed by atoms with Crippen molar-refractivity contribution in [3.63, 3.8) is 0 Å². The number of halogens is 1. The van der Waals surface area contributed by atoms with Gasteiger partial charge in [-0.1, -0.05) is 13.8 Å². The fraction of sp³-hybridized carbons (Fsp3) is 0.462. The number of ether oxygens (including phenoxy) is 1. The van der Waals surface area contributed by atoms with Crippen molar-refractivity contribution in [1.29, 1.82) is 0 Å². The van der Waals surface area contributed by atoms with Crippen molar-refractivity contribution in [3.8, 4) is 5.75 Å². The van der Waals surface area contributed by atoms with E-state index >= 15 is 0 Å². The Labute approximate surface area is 106 Å². The van der Waals surface area contributed by atoms with Crippen LogP contribution in [0.3, 0.4) is 0 Å². The minimum absolute atomic E-state index is 0.00770. The van der Waals surface area contributed by atoms with Crippen LogP contribution in [0.25, 0.3) is 0 Å². The highest BCUT2D eigenvalue weighted by molar-refractivity contribution is 5.73. The van der Waals surface area contributed by atoms with Crippen molar-refractivity contribution in [2.24, 2.45) is 5.92 Å². The molecule has 0 radical (unpaired) electrons. The van der Waals surface area contributed by atoms with Crippen molar-refractivity contribution in [2.75, 3.05) is 13.2 Å². The lowest BCUT2D eigenvalue weighted by atomic mass is 10.1. The van der Waals surface area contributed by atoms with E-state index in [1.165, 1.54) is 24.3 Å². The Hall–Kier alpha value is -1.62. The highest BCUT2D eigenvalue weighted by atomic mass is 19.1. The van der Waals surface area contributed by atoms with E-state index in [1.54, 1.807) is 0 Å². The van der Waals surface area contributed by atoms with E-state index in [-0.39, 0.29) is 11.7 Å². The number of rotatable bonds is 7. The number of benzene rings is 1. The molecule has 0 bridgehead atoms. The first-order valence-electron chi connectivity index (χ1n) is 5.85. The summed E-state index contributed by atoms with van der Waals surface area (Å²) in [7, 11) is 0. The van der Waals surface area contributed by atoms with Gasteiger partial charge in [0.1, 0.15) is 24.2 Å². The fourth-order valence-corrected chi connectivity index (χ4v) is 1.52. The number of carboxylic acid groups (broad SMARTS) is 1. The third-order valence-corrected chi connectivity index (χ3v) is 2.48. The van der Waals surface area contributed by atoms with Crippen LogP contribution < -0.4 is 10.1 Å². The molecule has 1 atom stereocenters. The van der Waals surface area contributed by atoms with Gasteiger partial charge in [0.2, 0.25) is 0 Å². The van der Waals surface area contributed by atoms with E-state index in [2.05, 4.69) is 5.32 Å². The van der Waals surface area contributed by atoms with Gasteiger partial charge in [-0.3, -0.25) is 4.79 Å². The van der Waals surface area contributed by atoms with Crippen molar-refractivity contribution in [1.82, 2.24) is 5.32 Å². The van der Waals surface area contributed by atoms with Crippen molar-refractivity contribution in [2.45, 2.75) is 19.9 Å². The standard InChI is InChI=1S/C13H18FNO3/c1-9(2)12(13(16)17)15-7-8-18-11-5-3-10(14)4-6-11/h3-6,9,12,15H,7-8H2,1-2H3,(H,16,17). The number of hydrogen-bond donors (Lipinski definition) is 2. The molecule has 1 aromatic rings. The maximum absolute atomic E-state index is 12.6. The van der Waals surface area contributed by atoms with Crippen molar-refractivity contribution < 1.29 is 19.0 Å². The van der Waals surface area contributed by atoms with Crippen LogP contribution in [-0.4, -0.2) is 30.3 Å². The predicted molar refractivity (Wildman–Crippen MR) is 66.2 cm³/mol. The first-order valence-corrected chi connectivity index (χ1v) is 5.85. The fourth-order valence-electron chi connectivity index (χ4n) is 1.52. The van der Waals surface area contributed by atoms with E-state index < -0.39 is 12.0 Å². The van der Waals surface area contributed by atoms with E-state index in [0.29, 0.717) is 18.9 Å². The van der Waals surface area contributed by atoms with Crippen LogP contribution in [-0.2, 0) is 4.79 Å². The van der Waals surface area contributed by atoms with Crippen LogP contribution in [0.4, 0.5) is 4.39 Å². The molecule has 0 spiro atoms. The highest BCUT2D eigenvalue weighted by Gasteiger charge is 2.19. The topological polar surface area (TPSA) is 58.6 Å². The molecular weight excluding hydrogens is 237 g/mol. The van der Waals surface area contributed by atoms with Crippen molar-refractivity contribution in [3.05, 3.63) is 30.1 Å². The molecule has 0 aliphatic rings. The Bertz CT molecular complexity index is 378. The van der Waals surface area contributed by atoms with E-state index in [4.69, 9.17) is 9.84 Å². The summed E-state index contributed by atoms with van der Waals surface area (Å²) in [6.45, 7) is 4.44. The second-order valence-corrected chi connectivity index (χ2v) is 4.32. The average Bonchev–Trinajstić information content (AvgIpc) is 2.30. The van der Waals surface area contributed by atoms with Gasteiger partial charge in [0.05, 0.1) is 0 Å². The molecule has 1 unspecified atom stereocenters. The number of carboxylic acids is 1. The molecule has 5 heteroatoms. The van der Waals surface area contributed by atoms with Gasteiger partial charge in [-0.2, -0.15) is 0 Å². The summed E-state index contributed by atoms with van der Waals surface area (Å²) in [6.07, 6.45) is 0. The SMILES string of the molecule is CC(C)C(NCCOc1ccc(F)cc1)C(=O)O. The minimum atomic E-state index is -0.869. The van der Waals surface area contributed by atoms with Gasteiger partial charge < -0.3 is 15.2 Å². The monoisotopic (exact) mass is 255 g/mol. The van der Waals surface area contributed by atoms with Gasteiger partial charge in [-0.05, 0) is 30.2 Å². The molecule has 1 aromatic carbocycles. The summed E-state index contributed by atoms with van der Waals surface area (Å²) < 4.78 is 18.0. The Morgan fingerprint density at radius 2 is 2.00 bits per heavy atom. The molecule has 0 saturated heterocycles. The Morgan fingerprint density at radius 1 is 1.39 bits per heavy atom. The number of hydrogen-bond acceptors (Lipinski definition) is 3. The van der Waals surface area contributed by atoms with Crippen LogP contribution in [0.15, 0.2) is 24.3 Å². The van der Waals surface area contributed by atoms with Crippen LogP contribution in [0.1, 0.15) is 13.8 Å². The lowest BCUT2D eigenvalue weighted by Crippen LogP contribution is -2.42. The summed E-state index contributed by atoms with van der Waals surface area (Å²) in [5, 5.41) is 11.8. The van der Waals surface area contributed by atoms with Crippen molar-refractivity contribution >= 4 is 5.97 Å². The quantitative estimate of drug-likeness (QED) is 0.731. The molecule has 18 heavy (non-hydrogen) atoms. The van der Waals surface area contributed by atoms with Crippen LogP contribution in [0.2, 0.25) is 0 Å². The highest BCUT2D eigenvalue weighted by Crippen LogP contribution is 2.10. The lowest BCUT2D eigenvalue weighted by Gasteiger charge is -2.17. The summed E-state index contributed by atoms with van der Waals surface area (Å²) in [6, 6.07) is 5.12. The molecule has 1 rings (SSSR count). The van der Waals surface area contributed by atoms with E-state index in [9.17, 15) is 9.18 Å². The summed E-state index contributed by atoms with van der Waals surface area (Å²) >= 11 is 0. The minimum Gasteiger partial charge on any atom is -0.492 e. The molecule has 0 amide bonds. The number of carbonyl (C=O) groups is 1. The summed E-state index contributed by atoms with van der Waals surface area (Å²) in [4.78, 5) is 10.9. The first kappa shape index (κ1) is 14.4. The number of aliphatic carboxylic acids is 1. The Kier molecular flexibility index (Phi) is 5.58. The average molecular weight is 255 g/mol. The first-order chi connectivity index (χ1) is 8.50. The third kappa shape index (κ3) is 4.71. The van der Waals surface area contributed by atoms with Gasteiger partial charge in [0, 0.05) is 6.54 Å². The maximum Gasteiger partial charge on any atom is 0.320 e. The van der Waals surface area contributed by atoms with Gasteiger partial charge >= 0.3 is 5.97 Å².